The van der Waals surface area contributed by atoms with Crippen LogP contribution in [0.1, 0.15) is 17.0 Å². The summed E-state index contributed by atoms with van der Waals surface area (Å²) in [5.41, 5.74) is 7.46. The summed E-state index contributed by atoms with van der Waals surface area (Å²) in [5, 5.41) is 0.104. The number of aryl methyl sites for hydroxylation is 1. The minimum absolute atomic E-state index is 0.104. The van der Waals surface area contributed by atoms with Gasteiger partial charge in [0.2, 0.25) is 0 Å². The minimum atomic E-state index is -3.55. The monoisotopic (exact) mass is 294 g/mol. The van der Waals surface area contributed by atoms with Gasteiger partial charge in [-0.2, -0.15) is 4.31 Å². The SMILES string of the molecule is Cc1ncc(S(=O)(=O)N(C)Cc2cccc(CN)c2)[nH]1. The predicted octanol–water partition coefficient (Wildman–Crippen LogP) is 0.998. The molecule has 108 valence electrons. The van der Waals surface area contributed by atoms with Gasteiger partial charge in [0.25, 0.3) is 10.0 Å². The van der Waals surface area contributed by atoms with Gasteiger partial charge in [-0.05, 0) is 18.1 Å². The summed E-state index contributed by atoms with van der Waals surface area (Å²) in [6, 6.07) is 7.57. The van der Waals surface area contributed by atoms with Gasteiger partial charge in [0.15, 0.2) is 5.03 Å². The predicted molar refractivity (Wildman–Crippen MR) is 76.3 cm³/mol. The summed E-state index contributed by atoms with van der Waals surface area (Å²) < 4.78 is 26.0. The zero-order valence-corrected chi connectivity index (χ0v) is 12.3. The van der Waals surface area contributed by atoms with Gasteiger partial charge in [-0.25, -0.2) is 13.4 Å². The Morgan fingerprint density at radius 3 is 2.65 bits per heavy atom. The van der Waals surface area contributed by atoms with Crippen LogP contribution in [0.15, 0.2) is 35.5 Å². The van der Waals surface area contributed by atoms with Crippen molar-refractivity contribution in [2.75, 3.05) is 7.05 Å². The fraction of sp³-hybridized carbons (Fsp3) is 0.308. The number of nitrogens with one attached hydrogen (secondary N) is 1. The van der Waals surface area contributed by atoms with E-state index in [4.69, 9.17) is 5.73 Å². The third-order valence-electron chi connectivity index (χ3n) is 3.00. The van der Waals surface area contributed by atoms with E-state index in [-0.39, 0.29) is 11.6 Å². The van der Waals surface area contributed by atoms with Crippen LogP contribution in [0, 0.1) is 6.92 Å². The molecule has 1 aromatic carbocycles. The van der Waals surface area contributed by atoms with E-state index in [1.54, 1.807) is 14.0 Å². The first-order valence-electron chi connectivity index (χ1n) is 6.19. The lowest BCUT2D eigenvalue weighted by Gasteiger charge is -2.16. The molecule has 0 saturated heterocycles. The number of aromatic nitrogens is 2. The van der Waals surface area contributed by atoms with Gasteiger partial charge in [0, 0.05) is 20.1 Å². The highest BCUT2D eigenvalue weighted by Gasteiger charge is 2.22. The second-order valence-electron chi connectivity index (χ2n) is 4.62. The van der Waals surface area contributed by atoms with Gasteiger partial charge >= 0.3 is 0 Å². The number of aromatic amines is 1. The Kier molecular flexibility index (Phi) is 4.22. The van der Waals surface area contributed by atoms with E-state index >= 15 is 0 Å². The molecule has 0 spiro atoms. The minimum Gasteiger partial charge on any atom is -0.332 e. The molecule has 0 fully saturated rings. The normalized spacial score (nSPS) is 12.0. The topological polar surface area (TPSA) is 92.1 Å². The number of nitrogens with two attached hydrogens (primary N) is 1. The van der Waals surface area contributed by atoms with Crippen LogP contribution in [0.25, 0.3) is 0 Å². The molecule has 20 heavy (non-hydrogen) atoms. The fourth-order valence-electron chi connectivity index (χ4n) is 1.89. The van der Waals surface area contributed by atoms with Gasteiger partial charge in [-0.1, -0.05) is 24.3 Å². The number of nitrogens with zero attached hydrogens (tertiary/aromatic N) is 2. The lowest BCUT2D eigenvalue weighted by Crippen LogP contribution is -2.26. The van der Waals surface area contributed by atoms with Gasteiger partial charge in [0.1, 0.15) is 5.82 Å². The molecule has 0 aliphatic carbocycles. The molecule has 0 amide bonds. The maximum absolute atomic E-state index is 12.3. The van der Waals surface area contributed by atoms with Crippen molar-refractivity contribution in [1.82, 2.24) is 14.3 Å². The zero-order valence-electron chi connectivity index (χ0n) is 11.5. The van der Waals surface area contributed by atoms with Crippen LogP contribution < -0.4 is 5.73 Å². The largest absolute Gasteiger partial charge is 0.332 e. The summed E-state index contributed by atoms with van der Waals surface area (Å²) in [6.07, 6.45) is 1.33. The number of hydrogen-bond donors (Lipinski definition) is 2. The van der Waals surface area contributed by atoms with E-state index in [1.165, 1.54) is 10.5 Å². The molecule has 6 nitrogen and oxygen atoms in total. The summed E-state index contributed by atoms with van der Waals surface area (Å²) in [6.45, 7) is 2.43. The summed E-state index contributed by atoms with van der Waals surface area (Å²) in [5.74, 6) is 0.571. The Balaban J connectivity index is 2.20. The molecule has 0 saturated carbocycles. The van der Waals surface area contributed by atoms with Crippen LogP contribution in [0.5, 0.6) is 0 Å². The van der Waals surface area contributed by atoms with Crippen LogP contribution in [0.3, 0.4) is 0 Å². The van der Waals surface area contributed by atoms with Crippen molar-refractivity contribution in [2.45, 2.75) is 25.0 Å². The Bertz CT molecular complexity index is 694. The van der Waals surface area contributed by atoms with Crippen LogP contribution in [0.4, 0.5) is 0 Å². The Labute approximate surface area is 118 Å². The number of rotatable bonds is 5. The maximum atomic E-state index is 12.3. The molecule has 0 radical (unpaired) electrons. The van der Waals surface area contributed by atoms with E-state index in [1.807, 2.05) is 24.3 Å². The number of H-pyrrole nitrogens is 1. The first-order valence-corrected chi connectivity index (χ1v) is 7.63. The quantitative estimate of drug-likeness (QED) is 0.860. The van der Waals surface area contributed by atoms with Crippen molar-refractivity contribution < 1.29 is 8.42 Å². The smallest absolute Gasteiger partial charge is 0.260 e. The average Bonchev–Trinajstić information content (AvgIpc) is 2.86. The Hall–Kier alpha value is -1.70. The van der Waals surface area contributed by atoms with Crippen molar-refractivity contribution in [3.05, 3.63) is 47.4 Å². The van der Waals surface area contributed by atoms with Gasteiger partial charge in [-0.3, -0.25) is 0 Å². The highest BCUT2D eigenvalue weighted by atomic mass is 32.2. The summed E-state index contributed by atoms with van der Waals surface area (Å²) >= 11 is 0. The molecular weight excluding hydrogens is 276 g/mol. The van der Waals surface area contributed by atoms with Crippen LogP contribution in [0.2, 0.25) is 0 Å². The van der Waals surface area contributed by atoms with Crippen molar-refractivity contribution in [2.24, 2.45) is 5.73 Å². The highest BCUT2D eigenvalue weighted by molar-refractivity contribution is 7.89. The summed E-state index contributed by atoms with van der Waals surface area (Å²) in [7, 11) is -2.01. The van der Waals surface area contributed by atoms with Crippen molar-refractivity contribution >= 4 is 10.0 Å². The molecule has 1 heterocycles. The number of imidazole rings is 1. The van der Waals surface area contributed by atoms with E-state index in [0.29, 0.717) is 12.4 Å². The molecule has 1 aromatic heterocycles. The van der Waals surface area contributed by atoms with Gasteiger partial charge < -0.3 is 10.7 Å². The molecule has 0 aliphatic rings. The number of hydrogen-bond acceptors (Lipinski definition) is 4. The first-order chi connectivity index (χ1) is 9.43. The zero-order chi connectivity index (χ0) is 14.8. The highest BCUT2D eigenvalue weighted by Crippen LogP contribution is 2.15. The maximum Gasteiger partial charge on any atom is 0.260 e. The Morgan fingerprint density at radius 2 is 2.05 bits per heavy atom. The second-order valence-corrected chi connectivity index (χ2v) is 6.63. The van der Waals surface area contributed by atoms with E-state index in [2.05, 4.69) is 9.97 Å². The molecule has 0 bridgehead atoms. The van der Waals surface area contributed by atoms with Crippen molar-refractivity contribution in [3.63, 3.8) is 0 Å². The lowest BCUT2D eigenvalue weighted by molar-refractivity contribution is 0.464. The fourth-order valence-corrected chi connectivity index (χ4v) is 3.01. The Morgan fingerprint density at radius 1 is 1.35 bits per heavy atom. The van der Waals surface area contributed by atoms with Crippen LogP contribution >= 0.6 is 0 Å². The lowest BCUT2D eigenvalue weighted by atomic mass is 10.1. The molecule has 0 unspecified atom stereocenters. The molecular formula is C13H18N4O2S. The average molecular weight is 294 g/mol. The second kappa shape index (κ2) is 5.74. The van der Waals surface area contributed by atoms with Crippen LogP contribution in [-0.2, 0) is 23.1 Å². The van der Waals surface area contributed by atoms with E-state index in [9.17, 15) is 8.42 Å². The van der Waals surface area contributed by atoms with Crippen molar-refractivity contribution in [3.8, 4) is 0 Å². The molecule has 0 aliphatic heterocycles. The standard InChI is InChI=1S/C13H18N4O2S/c1-10-15-8-13(16-10)20(18,19)17(2)9-12-5-3-4-11(6-12)7-14/h3-6,8H,7,9,14H2,1-2H3,(H,15,16). The molecule has 2 aromatic rings. The molecule has 2 rings (SSSR count). The third-order valence-corrected chi connectivity index (χ3v) is 4.71. The van der Waals surface area contributed by atoms with Gasteiger partial charge in [-0.15, -0.1) is 0 Å². The van der Waals surface area contributed by atoms with Crippen molar-refractivity contribution in [1.29, 1.82) is 0 Å². The third kappa shape index (κ3) is 3.06. The van der Waals surface area contributed by atoms with E-state index < -0.39 is 10.0 Å². The molecule has 0 atom stereocenters. The number of sulfonamides is 1. The van der Waals surface area contributed by atoms with Crippen LogP contribution in [-0.4, -0.2) is 29.7 Å². The number of benzene rings is 1. The molecule has 7 heteroatoms. The van der Waals surface area contributed by atoms with E-state index in [0.717, 1.165) is 11.1 Å². The summed E-state index contributed by atoms with van der Waals surface area (Å²) in [4.78, 5) is 6.67. The van der Waals surface area contributed by atoms with Gasteiger partial charge in [0.05, 0.1) is 6.20 Å². The first kappa shape index (κ1) is 14.7. The molecule has 3 N–H and O–H groups in total.